The predicted molar refractivity (Wildman–Crippen MR) is 103 cm³/mol. The van der Waals surface area contributed by atoms with E-state index in [1.807, 2.05) is 37.3 Å². The molecule has 0 atom stereocenters. The minimum Gasteiger partial charge on any atom is -0.439 e. The second-order valence-electron chi connectivity index (χ2n) is 5.67. The van der Waals surface area contributed by atoms with Crippen LogP contribution in [0.25, 0.3) is 10.2 Å². The molecule has 0 spiro atoms. The fraction of sp³-hybridized carbons (Fsp3) is 0.0500. The number of anilines is 1. The lowest BCUT2D eigenvalue weighted by Crippen LogP contribution is -2.11. The van der Waals surface area contributed by atoms with Crippen LogP contribution in [0.15, 0.2) is 66.9 Å². The normalized spacial score (nSPS) is 10.7. The van der Waals surface area contributed by atoms with E-state index in [2.05, 4.69) is 15.3 Å². The average molecular weight is 361 g/mol. The van der Waals surface area contributed by atoms with Crippen LogP contribution in [0.2, 0.25) is 0 Å². The fourth-order valence-electron chi connectivity index (χ4n) is 2.55. The SMILES string of the molecule is Cc1nc2cc(NC(=O)c3cccc(Oc4ccccn4)c3)ccc2s1. The van der Waals surface area contributed by atoms with Crippen molar-refractivity contribution in [1.29, 1.82) is 0 Å². The van der Waals surface area contributed by atoms with E-state index in [1.54, 1.807) is 47.9 Å². The summed E-state index contributed by atoms with van der Waals surface area (Å²) in [5, 5.41) is 3.91. The molecule has 0 saturated heterocycles. The molecule has 2 heterocycles. The van der Waals surface area contributed by atoms with Crippen LogP contribution in [-0.4, -0.2) is 15.9 Å². The molecular weight excluding hydrogens is 346 g/mol. The zero-order valence-electron chi connectivity index (χ0n) is 14.0. The summed E-state index contributed by atoms with van der Waals surface area (Å²) in [5.74, 6) is 0.833. The van der Waals surface area contributed by atoms with Crippen molar-refractivity contribution in [2.24, 2.45) is 0 Å². The van der Waals surface area contributed by atoms with Crippen molar-refractivity contribution in [2.45, 2.75) is 6.92 Å². The van der Waals surface area contributed by atoms with Gasteiger partial charge in [-0.05, 0) is 49.4 Å². The van der Waals surface area contributed by atoms with E-state index in [4.69, 9.17) is 4.74 Å². The van der Waals surface area contributed by atoms with Crippen LogP contribution in [0.1, 0.15) is 15.4 Å². The number of hydrogen-bond donors (Lipinski definition) is 1. The van der Waals surface area contributed by atoms with Gasteiger partial charge in [-0.3, -0.25) is 4.79 Å². The highest BCUT2D eigenvalue weighted by atomic mass is 32.1. The first-order valence-corrected chi connectivity index (χ1v) is 8.86. The third-order valence-electron chi connectivity index (χ3n) is 3.71. The zero-order chi connectivity index (χ0) is 17.9. The summed E-state index contributed by atoms with van der Waals surface area (Å²) in [6.07, 6.45) is 1.65. The smallest absolute Gasteiger partial charge is 0.255 e. The van der Waals surface area contributed by atoms with Crippen LogP contribution in [0.4, 0.5) is 5.69 Å². The Kier molecular flexibility index (Phi) is 4.33. The number of aryl methyl sites for hydroxylation is 1. The van der Waals surface area contributed by atoms with Crippen LogP contribution in [0.3, 0.4) is 0 Å². The van der Waals surface area contributed by atoms with Gasteiger partial charge in [0.1, 0.15) is 5.75 Å². The lowest BCUT2D eigenvalue weighted by atomic mass is 10.2. The summed E-state index contributed by atoms with van der Waals surface area (Å²) in [6, 6.07) is 18.1. The Morgan fingerprint density at radius 1 is 1.08 bits per heavy atom. The Balaban J connectivity index is 1.52. The first-order chi connectivity index (χ1) is 12.7. The summed E-state index contributed by atoms with van der Waals surface area (Å²) >= 11 is 1.63. The highest BCUT2D eigenvalue weighted by molar-refractivity contribution is 7.18. The Bertz CT molecular complexity index is 1080. The second kappa shape index (κ2) is 6.93. The lowest BCUT2D eigenvalue weighted by Gasteiger charge is -2.08. The molecule has 4 aromatic rings. The number of fused-ring (bicyclic) bond motifs is 1. The van der Waals surface area contributed by atoms with Crippen molar-refractivity contribution in [3.63, 3.8) is 0 Å². The Hall–Kier alpha value is -3.25. The summed E-state index contributed by atoms with van der Waals surface area (Å²) in [4.78, 5) is 21.1. The van der Waals surface area contributed by atoms with E-state index in [9.17, 15) is 4.79 Å². The summed E-state index contributed by atoms with van der Waals surface area (Å²) in [7, 11) is 0. The number of ether oxygens (including phenoxy) is 1. The molecule has 0 aliphatic rings. The third-order valence-corrected chi connectivity index (χ3v) is 4.66. The monoisotopic (exact) mass is 361 g/mol. The molecule has 0 aliphatic heterocycles. The first-order valence-electron chi connectivity index (χ1n) is 8.05. The highest BCUT2D eigenvalue weighted by Gasteiger charge is 2.09. The molecule has 0 radical (unpaired) electrons. The van der Waals surface area contributed by atoms with Gasteiger partial charge in [-0.2, -0.15) is 0 Å². The van der Waals surface area contributed by atoms with Gasteiger partial charge in [0.2, 0.25) is 5.88 Å². The largest absolute Gasteiger partial charge is 0.439 e. The van der Waals surface area contributed by atoms with Gasteiger partial charge >= 0.3 is 0 Å². The molecular formula is C20H15N3O2S. The Morgan fingerprint density at radius 3 is 2.85 bits per heavy atom. The first kappa shape index (κ1) is 16.2. The van der Waals surface area contributed by atoms with Crippen molar-refractivity contribution >= 4 is 33.1 Å². The van der Waals surface area contributed by atoms with E-state index in [0.717, 1.165) is 15.2 Å². The van der Waals surface area contributed by atoms with Crippen molar-refractivity contribution in [3.05, 3.63) is 77.4 Å². The van der Waals surface area contributed by atoms with Gasteiger partial charge in [0.05, 0.1) is 15.2 Å². The number of rotatable bonds is 4. The third kappa shape index (κ3) is 3.55. The second-order valence-corrected chi connectivity index (χ2v) is 6.90. The maximum atomic E-state index is 12.6. The van der Waals surface area contributed by atoms with Crippen LogP contribution in [-0.2, 0) is 0 Å². The number of hydrogen-bond acceptors (Lipinski definition) is 5. The minimum absolute atomic E-state index is 0.206. The Morgan fingerprint density at radius 2 is 2.00 bits per heavy atom. The van der Waals surface area contributed by atoms with E-state index in [0.29, 0.717) is 22.9 Å². The van der Waals surface area contributed by atoms with Gasteiger partial charge in [-0.1, -0.05) is 12.1 Å². The maximum Gasteiger partial charge on any atom is 0.255 e. The molecule has 5 nitrogen and oxygen atoms in total. The van der Waals surface area contributed by atoms with Crippen molar-refractivity contribution in [1.82, 2.24) is 9.97 Å². The zero-order valence-corrected chi connectivity index (χ0v) is 14.8. The van der Waals surface area contributed by atoms with Crippen LogP contribution in [0.5, 0.6) is 11.6 Å². The van der Waals surface area contributed by atoms with E-state index < -0.39 is 0 Å². The molecule has 1 amide bonds. The topological polar surface area (TPSA) is 64.1 Å². The number of thiazole rings is 1. The van der Waals surface area contributed by atoms with Gasteiger partial charge in [-0.15, -0.1) is 11.3 Å². The van der Waals surface area contributed by atoms with E-state index >= 15 is 0 Å². The molecule has 4 rings (SSSR count). The Labute approximate surface area is 154 Å². The fourth-order valence-corrected chi connectivity index (χ4v) is 3.36. The predicted octanol–water partition coefficient (Wildman–Crippen LogP) is 5.04. The molecule has 0 saturated carbocycles. The van der Waals surface area contributed by atoms with Gasteiger partial charge in [-0.25, -0.2) is 9.97 Å². The molecule has 0 aliphatic carbocycles. The molecule has 0 bridgehead atoms. The quantitative estimate of drug-likeness (QED) is 0.553. The number of amides is 1. The van der Waals surface area contributed by atoms with Gasteiger partial charge in [0.15, 0.2) is 0 Å². The lowest BCUT2D eigenvalue weighted by molar-refractivity contribution is 0.102. The molecule has 26 heavy (non-hydrogen) atoms. The number of aromatic nitrogens is 2. The molecule has 2 aromatic heterocycles. The van der Waals surface area contributed by atoms with E-state index in [1.165, 1.54) is 0 Å². The standard InChI is InChI=1S/C20H15N3O2S/c1-13-22-17-12-15(8-9-18(17)26-13)23-20(24)14-5-4-6-16(11-14)25-19-7-2-3-10-21-19/h2-12H,1H3,(H,23,24). The number of carbonyl (C=O) groups is 1. The van der Waals surface area contributed by atoms with Gasteiger partial charge < -0.3 is 10.1 Å². The molecule has 2 aromatic carbocycles. The molecule has 0 fully saturated rings. The molecule has 128 valence electrons. The number of nitrogens with zero attached hydrogens (tertiary/aromatic N) is 2. The maximum absolute atomic E-state index is 12.6. The van der Waals surface area contributed by atoms with Crippen LogP contribution in [0, 0.1) is 6.92 Å². The number of benzene rings is 2. The summed E-state index contributed by atoms with van der Waals surface area (Å²) in [5.41, 5.74) is 2.11. The van der Waals surface area contributed by atoms with Crippen molar-refractivity contribution in [3.8, 4) is 11.6 Å². The number of carbonyl (C=O) groups excluding carboxylic acids is 1. The molecule has 1 N–H and O–H groups in total. The molecule has 6 heteroatoms. The van der Waals surface area contributed by atoms with Crippen LogP contribution < -0.4 is 10.1 Å². The molecule has 0 unspecified atom stereocenters. The number of nitrogens with one attached hydrogen (secondary N) is 1. The summed E-state index contributed by atoms with van der Waals surface area (Å²) in [6.45, 7) is 1.97. The van der Waals surface area contributed by atoms with Crippen LogP contribution >= 0.6 is 11.3 Å². The van der Waals surface area contributed by atoms with E-state index in [-0.39, 0.29) is 5.91 Å². The van der Waals surface area contributed by atoms with Gasteiger partial charge in [0, 0.05) is 23.5 Å². The van der Waals surface area contributed by atoms with Gasteiger partial charge in [0.25, 0.3) is 5.91 Å². The summed E-state index contributed by atoms with van der Waals surface area (Å²) < 4.78 is 6.78. The van der Waals surface area contributed by atoms with Crippen molar-refractivity contribution < 1.29 is 9.53 Å². The minimum atomic E-state index is -0.206. The highest BCUT2D eigenvalue weighted by Crippen LogP contribution is 2.25. The number of pyridine rings is 1. The average Bonchev–Trinajstić information content (AvgIpc) is 3.02. The van der Waals surface area contributed by atoms with Crippen molar-refractivity contribution in [2.75, 3.05) is 5.32 Å².